The van der Waals surface area contributed by atoms with Gasteiger partial charge in [-0.1, -0.05) is 0 Å². The summed E-state index contributed by atoms with van der Waals surface area (Å²) in [6.07, 6.45) is 6.46. The largest absolute Gasteiger partial charge is 0.472 e. The monoisotopic (exact) mass is 204 g/mol. The quantitative estimate of drug-likeness (QED) is 0.567. The normalized spacial score (nSPS) is 10.9. The van der Waals surface area contributed by atoms with Crippen LogP contribution in [0.3, 0.4) is 0 Å². The van der Waals surface area contributed by atoms with Crippen molar-refractivity contribution < 1.29 is 9.21 Å². The Hall–Kier alpha value is -1.61. The molecule has 2 nitrogen and oxygen atoms in total. The molecule has 70 valence electrons. The summed E-state index contributed by atoms with van der Waals surface area (Å²) in [5.41, 5.74) is 1.63. The number of hydrogen-bond donors (Lipinski definition) is 0. The minimum absolute atomic E-state index is 0.0208. The second-order valence-electron chi connectivity index (χ2n) is 2.77. The van der Waals surface area contributed by atoms with E-state index in [-0.39, 0.29) is 5.78 Å². The van der Waals surface area contributed by atoms with Crippen molar-refractivity contribution in [2.45, 2.75) is 0 Å². The van der Waals surface area contributed by atoms with Gasteiger partial charge in [-0.2, -0.15) is 11.3 Å². The van der Waals surface area contributed by atoms with Gasteiger partial charge in [-0.3, -0.25) is 4.79 Å². The lowest BCUT2D eigenvalue weighted by Gasteiger charge is -1.86. The number of ketones is 1. The molecule has 0 saturated heterocycles. The van der Waals surface area contributed by atoms with Crippen LogP contribution < -0.4 is 0 Å². The third-order valence-corrected chi connectivity index (χ3v) is 2.46. The highest BCUT2D eigenvalue weighted by Crippen LogP contribution is 2.09. The lowest BCUT2D eigenvalue weighted by Crippen LogP contribution is -1.89. The van der Waals surface area contributed by atoms with Crippen LogP contribution in [0, 0.1) is 0 Å². The Morgan fingerprint density at radius 2 is 2.36 bits per heavy atom. The van der Waals surface area contributed by atoms with Crippen LogP contribution in [0.15, 0.2) is 45.9 Å². The van der Waals surface area contributed by atoms with Crippen LogP contribution in [0.25, 0.3) is 6.08 Å². The summed E-state index contributed by atoms with van der Waals surface area (Å²) < 4.78 is 4.88. The standard InChI is InChI=1S/C11H8O2S/c12-11(10-4-6-14-8-10)2-1-9-3-5-13-7-9/h1-8H. The molecule has 14 heavy (non-hydrogen) atoms. The molecule has 0 bridgehead atoms. The van der Waals surface area contributed by atoms with Crippen LogP contribution in [0.1, 0.15) is 15.9 Å². The predicted octanol–water partition coefficient (Wildman–Crippen LogP) is 3.24. The van der Waals surface area contributed by atoms with Gasteiger partial charge < -0.3 is 4.42 Å². The average Bonchev–Trinajstić information content (AvgIpc) is 2.87. The second-order valence-corrected chi connectivity index (χ2v) is 3.55. The number of carbonyl (C=O) groups is 1. The van der Waals surface area contributed by atoms with Gasteiger partial charge in [0.2, 0.25) is 0 Å². The van der Waals surface area contributed by atoms with Crippen molar-refractivity contribution in [2.24, 2.45) is 0 Å². The highest BCUT2D eigenvalue weighted by molar-refractivity contribution is 7.08. The summed E-state index contributed by atoms with van der Waals surface area (Å²) in [5.74, 6) is 0.0208. The first-order chi connectivity index (χ1) is 6.86. The molecule has 0 aliphatic heterocycles. The molecular weight excluding hydrogens is 196 g/mol. The van der Waals surface area contributed by atoms with E-state index in [1.54, 1.807) is 30.7 Å². The van der Waals surface area contributed by atoms with E-state index in [9.17, 15) is 4.79 Å². The van der Waals surface area contributed by atoms with E-state index in [0.29, 0.717) is 0 Å². The Morgan fingerprint density at radius 3 is 3.00 bits per heavy atom. The number of carbonyl (C=O) groups excluding carboxylic acids is 1. The molecule has 0 aliphatic carbocycles. The average molecular weight is 204 g/mol. The number of allylic oxidation sites excluding steroid dienone is 1. The molecule has 2 aromatic heterocycles. The summed E-state index contributed by atoms with van der Waals surface area (Å²) in [4.78, 5) is 11.5. The Kier molecular flexibility index (Phi) is 2.60. The van der Waals surface area contributed by atoms with Crippen LogP contribution in [-0.2, 0) is 0 Å². The molecule has 2 rings (SSSR count). The van der Waals surface area contributed by atoms with Gasteiger partial charge in [0.15, 0.2) is 5.78 Å². The number of rotatable bonds is 3. The molecule has 0 fully saturated rings. The van der Waals surface area contributed by atoms with Crippen LogP contribution in [0.5, 0.6) is 0 Å². The van der Waals surface area contributed by atoms with Gasteiger partial charge in [0.05, 0.1) is 12.5 Å². The van der Waals surface area contributed by atoms with E-state index in [1.807, 2.05) is 16.8 Å². The first-order valence-electron chi connectivity index (χ1n) is 4.13. The SMILES string of the molecule is O=C(C=Cc1ccoc1)c1ccsc1. The topological polar surface area (TPSA) is 30.2 Å². The van der Waals surface area contributed by atoms with Gasteiger partial charge in [0, 0.05) is 16.5 Å². The molecule has 0 N–H and O–H groups in total. The van der Waals surface area contributed by atoms with Crippen LogP contribution in [0.4, 0.5) is 0 Å². The van der Waals surface area contributed by atoms with Crippen molar-refractivity contribution in [1.29, 1.82) is 0 Å². The van der Waals surface area contributed by atoms with E-state index in [1.165, 1.54) is 11.3 Å². The lowest BCUT2D eigenvalue weighted by molar-refractivity contribution is 0.104. The summed E-state index contributed by atoms with van der Waals surface area (Å²) in [7, 11) is 0. The van der Waals surface area contributed by atoms with Gasteiger partial charge in [-0.25, -0.2) is 0 Å². The summed E-state index contributed by atoms with van der Waals surface area (Å²) in [6.45, 7) is 0. The zero-order valence-electron chi connectivity index (χ0n) is 7.34. The molecule has 3 heteroatoms. The highest BCUT2D eigenvalue weighted by atomic mass is 32.1. The summed E-state index contributed by atoms with van der Waals surface area (Å²) in [5, 5.41) is 3.72. The third-order valence-electron chi connectivity index (χ3n) is 1.78. The molecule has 0 atom stereocenters. The lowest BCUT2D eigenvalue weighted by atomic mass is 10.2. The Balaban J connectivity index is 2.09. The number of thiophene rings is 1. The fourth-order valence-corrected chi connectivity index (χ4v) is 1.69. The number of furan rings is 1. The highest BCUT2D eigenvalue weighted by Gasteiger charge is 2.00. The van der Waals surface area contributed by atoms with E-state index >= 15 is 0 Å². The van der Waals surface area contributed by atoms with Crippen LogP contribution in [0.2, 0.25) is 0 Å². The molecule has 2 aromatic rings. The zero-order valence-corrected chi connectivity index (χ0v) is 8.16. The van der Waals surface area contributed by atoms with Gasteiger partial charge in [-0.05, 0) is 29.7 Å². The van der Waals surface area contributed by atoms with Crippen molar-refractivity contribution in [3.8, 4) is 0 Å². The smallest absolute Gasteiger partial charge is 0.186 e. The van der Waals surface area contributed by atoms with Crippen LogP contribution in [-0.4, -0.2) is 5.78 Å². The van der Waals surface area contributed by atoms with Gasteiger partial charge in [-0.15, -0.1) is 0 Å². The molecule has 0 radical (unpaired) electrons. The first kappa shape index (κ1) is 8.97. The maximum absolute atomic E-state index is 11.5. The minimum Gasteiger partial charge on any atom is -0.472 e. The molecule has 0 amide bonds. The summed E-state index contributed by atoms with van der Waals surface area (Å²) >= 11 is 1.52. The zero-order chi connectivity index (χ0) is 9.80. The molecule has 0 aliphatic rings. The predicted molar refractivity (Wildman–Crippen MR) is 56.4 cm³/mol. The minimum atomic E-state index is 0.0208. The van der Waals surface area contributed by atoms with Gasteiger partial charge in [0.25, 0.3) is 0 Å². The fraction of sp³-hybridized carbons (Fsp3) is 0. The van der Waals surface area contributed by atoms with Crippen molar-refractivity contribution >= 4 is 23.2 Å². The van der Waals surface area contributed by atoms with Crippen molar-refractivity contribution in [2.75, 3.05) is 0 Å². The fourth-order valence-electron chi connectivity index (χ4n) is 1.04. The third kappa shape index (κ3) is 2.00. The Bertz CT molecular complexity index is 424. The molecule has 0 unspecified atom stereocenters. The maximum Gasteiger partial charge on any atom is 0.186 e. The van der Waals surface area contributed by atoms with Gasteiger partial charge in [0.1, 0.15) is 0 Å². The second kappa shape index (κ2) is 4.07. The molecule has 0 aromatic carbocycles. The Labute approximate surface area is 85.5 Å². The Morgan fingerprint density at radius 1 is 1.43 bits per heavy atom. The summed E-state index contributed by atoms with van der Waals surface area (Å²) in [6, 6.07) is 3.62. The van der Waals surface area contributed by atoms with E-state index < -0.39 is 0 Å². The van der Waals surface area contributed by atoms with Gasteiger partial charge >= 0.3 is 0 Å². The van der Waals surface area contributed by atoms with Crippen molar-refractivity contribution in [3.05, 3.63) is 52.6 Å². The van der Waals surface area contributed by atoms with E-state index in [4.69, 9.17) is 4.42 Å². The number of hydrogen-bond acceptors (Lipinski definition) is 3. The van der Waals surface area contributed by atoms with Crippen molar-refractivity contribution in [1.82, 2.24) is 0 Å². The molecular formula is C11H8O2S. The van der Waals surface area contributed by atoms with Crippen molar-refractivity contribution in [3.63, 3.8) is 0 Å². The van der Waals surface area contributed by atoms with Crippen LogP contribution >= 0.6 is 11.3 Å². The molecule has 2 heterocycles. The first-order valence-corrected chi connectivity index (χ1v) is 5.07. The van der Waals surface area contributed by atoms with E-state index in [0.717, 1.165) is 11.1 Å². The molecule has 0 saturated carbocycles. The molecule has 0 spiro atoms. The van der Waals surface area contributed by atoms with E-state index in [2.05, 4.69) is 0 Å². The maximum atomic E-state index is 11.5.